The number of benzene rings is 2. The van der Waals surface area contributed by atoms with Crippen molar-refractivity contribution in [3.63, 3.8) is 0 Å². The van der Waals surface area contributed by atoms with Crippen molar-refractivity contribution < 1.29 is 9.18 Å². The number of nitrogens with one attached hydrogen (secondary N) is 1. The van der Waals surface area contributed by atoms with E-state index in [0.717, 1.165) is 18.7 Å². The predicted octanol–water partition coefficient (Wildman–Crippen LogP) is 4.95. The topological polar surface area (TPSA) is 32.3 Å². The van der Waals surface area contributed by atoms with Crippen molar-refractivity contribution in [3.05, 3.63) is 69.5 Å². The Morgan fingerprint density at radius 1 is 1.12 bits per heavy atom. The molecule has 134 valence electrons. The number of likely N-dealkylation sites (N-methyl/N-ethyl adjacent to an activating group) is 1. The zero-order chi connectivity index (χ0) is 18.4. The number of nitrogens with zero attached hydrogens (tertiary/aromatic N) is 1. The first kappa shape index (κ1) is 19.7. The summed E-state index contributed by atoms with van der Waals surface area (Å²) in [4.78, 5) is 14.6. The van der Waals surface area contributed by atoms with Crippen LogP contribution in [0.25, 0.3) is 0 Å². The highest BCUT2D eigenvalue weighted by molar-refractivity contribution is 6.33. The quantitative estimate of drug-likeness (QED) is 0.734. The van der Waals surface area contributed by atoms with Crippen molar-refractivity contribution in [1.29, 1.82) is 0 Å². The van der Waals surface area contributed by atoms with Crippen molar-refractivity contribution in [2.75, 3.05) is 19.6 Å². The van der Waals surface area contributed by atoms with Gasteiger partial charge in [-0.2, -0.15) is 0 Å². The van der Waals surface area contributed by atoms with Crippen LogP contribution in [0.1, 0.15) is 35.8 Å². The van der Waals surface area contributed by atoms with E-state index in [1.807, 2.05) is 24.3 Å². The van der Waals surface area contributed by atoms with E-state index in [-0.39, 0.29) is 16.6 Å². The van der Waals surface area contributed by atoms with Crippen molar-refractivity contribution in [1.82, 2.24) is 10.2 Å². The molecule has 0 fully saturated rings. The first-order valence-corrected chi connectivity index (χ1v) is 8.95. The van der Waals surface area contributed by atoms with Gasteiger partial charge in [0, 0.05) is 11.6 Å². The third kappa shape index (κ3) is 4.94. The summed E-state index contributed by atoms with van der Waals surface area (Å²) in [5.74, 6) is -1.15. The summed E-state index contributed by atoms with van der Waals surface area (Å²) in [6, 6.07) is 11.7. The Labute approximate surface area is 157 Å². The van der Waals surface area contributed by atoms with Gasteiger partial charge in [0.15, 0.2) is 0 Å². The van der Waals surface area contributed by atoms with E-state index in [2.05, 4.69) is 24.1 Å². The van der Waals surface area contributed by atoms with Crippen LogP contribution in [0.5, 0.6) is 0 Å². The van der Waals surface area contributed by atoms with E-state index in [9.17, 15) is 9.18 Å². The molecule has 0 saturated carbocycles. The summed E-state index contributed by atoms with van der Waals surface area (Å²) in [6.45, 7) is 6.09. The molecule has 3 nitrogen and oxygen atoms in total. The van der Waals surface area contributed by atoms with Gasteiger partial charge in [-0.05, 0) is 42.9 Å². The van der Waals surface area contributed by atoms with Crippen LogP contribution < -0.4 is 5.32 Å². The Morgan fingerprint density at radius 3 is 2.32 bits per heavy atom. The van der Waals surface area contributed by atoms with Crippen LogP contribution in [0.3, 0.4) is 0 Å². The number of hydrogen-bond acceptors (Lipinski definition) is 2. The molecule has 1 unspecified atom stereocenters. The number of carbonyl (C=O) groups excluding carboxylic acids is 1. The third-order valence-corrected chi connectivity index (χ3v) is 4.72. The molecule has 0 radical (unpaired) electrons. The van der Waals surface area contributed by atoms with Gasteiger partial charge in [-0.3, -0.25) is 9.69 Å². The second kappa shape index (κ2) is 9.18. The van der Waals surface area contributed by atoms with Crippen molar-refractivity contribution in [2.24, 2.45) is 0 Å². The maximum Gasteiger partial charge on any atom is 0.255 e. The molecule has 0 saturated heterocycles. The smallest absolute Gasteiger partial charge is 0.255 e. The third-order valence-electron chi connectivity index (χ3n) is 4.15. The fraction of sp³-hybridized carbons (Fsp3) is 0.316. The average Bonchev–Trinajstić information content (AvgIpc) is 2.59. The molecule has 1 atom stereocenters. The van der Waals surface area contributed by atoms with E-state index in [0.29, 0.717) is 11.6 Å². The van der Waals surface area contributed by atoms with Crippen LogP contribution in [0, 0.1) is 5.82 Å². The number of rotatable bonds is 7. The van der Waals surface area contributed by atoms with E-state index < -0.39 is 11.7 Å². The zero-order valence-corrected chi connectivity index (χ0v) is 15.7. The predicted molar refractivity (Wildman–Crippen MR) is 101 cm³/mol. The van der Waals surface area contributed by atoms with Gasteiger partial charge in [-0.25, -0.2) is 4.39 Å². The number of carbonyl (C=O) groups is 1. The first-order chi connectivity index (χ1) is 12.0. The van der Waals surface area contributed by atoms with Crippen LogP contribution >= 0.6 is 23.2 Å². The van der Waals surface area contributed by atoms with Crippen LogP contribution in [-0.2, 0) is 0 Å². The summed E-state index contributed by atoms with van der Waals surface area (Å²) in [5, 5.41) is 3.56. The molecule has 1 amide bonds. The minimum Gasteiger partial charge on any atom is -0.350 e. The minimum atomic E-state index is -0.629. The average molecular weight is 383 g/mol. The highest BCUT2D eigenvalue weighted by Gasteiger charge is 2.21. The summed E-state index contributed by atoms with van der Waals surface area (Å²) in [6.07, 6.45) is 0. The molecule has 0 bridgehead atoms. The fourth-order valence-corrected chi connectivity index (χ4v) is 3.17. The molecule has 2 rings (SSSR count). The lowest BCUT2D eigenvalue weighted by molar-refractivity contribution is 0.0931. The summed E-state index contributed by atoms with van der Waals surface area (Å²) >= 11 is 11.9. The molecular weight excluding hydrogens is 362 g/mol. The van der Waals surface area contributed by atoms with Gasteiger partial charge in [0.25, 0.3) is 5.91 Å². The van der Waals surface area contributed by atoms with Crippen molar-refractivity contribution >= 4 is 29.1 Å². The molecule has 0 aliphatic heterocycles. The minimum absolute atomic E-state index is 0.0400. The largest absolute Gasteiger partial charge is 0.350 e. The maximum absolute atomic E-state index is 13.9. The molecule has 1 N–H and O–H groups in total. The summed E-state index contributed by atoms with van der Waals surface area (Å²) < 4.78 is 13.9. The van der Waals surface area contributed by atoms with Crippen molar-refractivity contribution in [3.8, 4) is 0 Å². The van der Waals surface area contributed by atoms with Gasteiger partial charge in [0.05, 0.1) is 16.6 Å². The van der Waals surface area contributed by atoms with E-state index >= 15 is 0 Å². The Balaban J connectivity index is 2.19. The van der Waals surface area contributed by atoms with Crippen LogP contribution in [-0.4, -0.2) is 30.4 Å². The van der Waals surface area contributed by atoms with Gasteiger partial charge in [-0.1, -0.05) is 55.2 Å². The molecule has 0 aliphatic carbocycles. The molecule has 2 aromatic rings. The molecule has 2 aromatic carbocycles. The Kier molecular flexibility index (Phi) is 7.24. The Morgan fingerprint density at radius 2 is 1.76 bits per heavy atom. The standard InChI is InChI=1S/C19H21Cl2FN2O/c1-3-24(4-2)17(13-8-10-14(20)11-9-13)12-23-19(25)18-15(21)6-5-7-16(18)22/h5-11,17H,3-4,12H2,1-2H3,(H,23,25). The molecule has 0 heterocycles. The SMILES string of the molecule is CCN(CC)C(CNC(=O)c1c(F)cccc1Cl)c1ccc(Cl)cc1. The van der Waals surface area contributed by atoms with E-state index in [4.69, 9.17) is 23.2 Å². The van der Waals surface area contributed by atoms with E-state index in [1.165, 1.54) is 18.2 Å². The van der Waals surface area contributed by atoms with Crippen LogP contribution in [0.4, 0.5) is 4.39 Å². The van der Waals surface area contributed by atoms with Crippen molar-refractivity contribution in [2.45, 2.75) is 19.9 Å². The Bertz CT molecular complexity index is 698. The molecule has 25 heavy (non-hydrogen) atoms. The van der Waals surface area contributed by atoms with Gasteiger partial charge in [0.2, 0.25) is 0 Å². The molecule has 6 heteroatoms. The van der Waals surface area contributed by atoms with Gasteiger partial charge >= 0.3 is 0 Å². The number of amides is 1. The van der Waals surface area contributed by atoms with Crippen LogP contribution in [0.2, 0.25) is 10.0 Å². The molecule has 0 aromatic heterocycles. The highest BCUT2D eigenvalue weighted by Crippen LogP contribution is 2.23. The first-order valence-electron chi connectivity index (χ1n) is 8.19. The Hall–Kier alpha value is -1.62. The lowest BCUT2D eigenvalue weighted by Gasteiger charge is -2.30. The van der Waals surface area contributed by atoms with E-state index in [1.54, 1.807) is 0 Å². The molecule has 0 aliphatic rings. The number of hydrogen-bond donors (Lipinski definition) is 1. The van der Waals surface area contributed by atoms with Crippen LogP contribution in [0.15, 0.2) is 42.5 Å². The number of halogens is 3. The summed E-state index contributed by atoms with van der Waals surface area (Å²) in [7, 11) is 0. The lowest BCUT2D eigenvalue weighted by atomic mass is 10.0. The molecular formula is C19H21Cl2FN2O. The fourth-order valence-electron chi connectivity index (χ4n) is 2.80. The van der Waals surface area contributed by atoms with Gasteiger partial charge < -0.3 is 5.32 Å². The summed E-state index contributed by atoms with van der Waals surface area (Å²) in [5.41, 5.74) is 0.909. The second-order valence-electron chi connectivity index (χ2n) is 5.60. The van der Waals surface area contributed by atoms with Gasteiger partial charge in [-0.15, -0.1) is 0 Å². The maximum atomic E-state index is 13.9. The highest BCUT2D eigenvalue weighted by atomic mass is 35.5. The lowest BCUT2D eigenvalue weighted by Crippen LogP contribution is -2.38. The monoisotopic (exact) mass is 382 g/mol. The normalized spacial score (nSPS) is 12.2. The zero-order valence-electron chi connectivity index (χ0n) is 14.2. The van der Waals surface area contributed by atoms with Gasteiger partial charge in [0.1, 0.15) is 5.82 Å². The second-order valence-corrected chi connectivity index (χ2v) is 6.44. The molecule has 0 spiro atoms.